The monoisotopic (exact) mass is 419 g/mol. The number of ether oxygens (including phenoxy) is 1. The number of phenolic OH excluding ortho intramolecular Hbond substituents is 1. The topological polar surface area (TPSA) is 100 Å². The SMILES string of the molecule is CCOc1ccc(NC(=O)CC(=O)N/N=C/c2cc(Br)ccc2O)cc1. The number of carbonyl (C=O) groups is 2. The van der Waals surface area contributed by atoms with Gasteiger partial charge in [-0.2, -0.15) is 5.10 Å². The van der Waals surface area contributed by atoms with Gasteiger partial charge in [0.2, 0.25) is 11.8 Å². The lowest BCUT2D eigenvalue weighted by Crippen LogP contribution is -2.24. The number of benzene rings is 2. The van der Waals surface area contributed by atoms with Gasteiger partial charge in [-0.1, -0.05) is 15.9 Å². The summed E-state index contributed by atoms with van der Waals surface area (Å²) in [7, 11) is 0. The highest BCUT2D eigenvalue weighted by Gasteiger charge is 2.09. The molecule has 136 valence electrons. The molecule has 0 fully saturated rings. The van der Waals surface area contributed by atoms with Crippen LogP contribution >= 0.6 is 15.9 Å². The van der Waals surface area contributed by atoms with Gasteiger partial charge < -0.3 is 15.2 Å². The van der Waals surface area contributed by atoms with Crippen molar-refractivity contribution < 1.29 is 19.4 Å². The van der Waals surface area contributed by atoms with Gasteiger partial charge in [0.25, 0.3) is 0 Å². The Morgan fingerprint density at radius 2 is 1.92 bits per heavy atom. The molecule has 0 aliphatic carbocycles. The number of carbonyl (C=O) groups excluding carboxylic acids is 2. The second kappa shape index (κ2) is 9.57. The summed E-state index contributed by atoms with van der Waals surface area (Å²) in [6.45, 7) is 2.44. The van der Waals surface area contributed by atoms with Crippen molar-refractivity contribution in [3.8, 4) is 11.5 Å². The number of aromatic hydroxyl groups is 1. The molecular formula is C18H18BrN3O4. The standard InChI is InChI=1S/C18H18BrN3O4/c1-2-26-15-6-4-14(5-7-15)21-17(24)10-18(25)22-20-11-12-9-13(19)3-8-16(12)23/h3-9,11,23H,2,10H2,1H3,(H,21,24)(H,22,25)/b20-11+. The maximum atomic E-state index is 11.9. The van der Waals surface area contributed by atoms with Crippen molar-refractivity contribution in [2.45, 2.75) is 13.3 Å². The smallest absolute Gasteiger partial charge is 0.249 e. The first-order valence-corrected chi connectivity index (χ1v) is 8.60. The molecule has 2 aromatic rings. The van der Waals surface area contributed by atoms with E-state index in [0.717, 1.165) is 4.47 Å². The van der Waals surface area contributed by atoms with Crippen LogP contribution in [-0.2, 0) is 9.59 Å². The average Bonchev–Trinajstić information content (AvgIpc) is 2.60. The second-order valence-electron chi connectivity index (χ2n) is 5.18. The Bertz CT molecular complexity index is 807. The first-order chi connectivity index (χ1) is 12.5. The molecule has 0 heterocycles. The molecule has 0 saturated carbocycles. The molecular weight excluding hydrogens is 402 g/mol. The van der Waals surface area contributed by atoms with Crippen LogP contribution < -0.4 is 15.5 Å². The highest BCUT2D eigenvalue weighted by Crippen LogP contribution is 2.20. The fourth-order valence-corrected chi connectivity index (χ4v) is 2.37. The van der Waals surface area contributed by atoms with E-state index in [1.807, 2.05) is 6.92 Å². The van der Waals surface area contributed by atoms with E-state index >= 15 is 0 Å². The van der Waals surface area contributed by atoms with Crippen molar-refractivity contribution >= 4 is 39.6 Å². The summed E-state index contributed by atoms with van der Waals surface area (Å²) in [4.78, 5) is 23.6. The molecule has 8 heteroatoms. The summed E-state index contributed by atoms with van der Waals surface area (Å²) in [5.41, 5.74) is 3.24. The molecule has 0 aromatic heterocycles. The number of hydrogen-bond acceptors (Lipinski definition) is 5. The summed E-state index contributed by atoms with van der Waals surface area (Å²) < 4.78 is 6.08. The van der Waals surface area contributed by atoms with Crippen LogP contribution in [0.25, 0.3) is 0 Å². The lowest BCUT2D eigenvalue weighted by atomic mass is 10.2. The molecule has 7 nitrogen and oxygen atoms in total. The van der Waals surface area contributed by atoms with E-state index in [9.17, 15) is 14.7 Å². The molecule has 0 spiro atoms. The van der Waals surface area contributed by atoms with Crippen molar-refractivity contribution in [2.24, 2.45) is 5.10 Å². The minimum absolute atomic E-state index is 0.0273. The number of nitrogens with one attached hydrogen (secondary N) is 2. The van der Waals surface area contributed by atoms with Crippen LogP contribution in [0.5, 0.6) is 11.5 Å². The van der Waals surface area contributed by atoms with Crippen LogP contribution in [0.2, 0.25) is 0 Å². The molecule has 2 aromatic carbocycles. The Hall–Kier alpha value is -2.87. The average molecular weight is 420 g/mol. The van der Waals surface area contributed by atoms with Gasteiger partial charge in [-0.3, -0.25) is 9.59 Å². The van der Waals surface area contributed by atoms with E-state index in [1.54, 1.807) is 36.4 Å². The molecule has 0 saturated heterocycles. The van der Waals surface area contributed by atoms with Gasteiger partial charge in [-0.05, 0) is 49.4 Å². The van der Waals surface area contributed by atoms with Gasteiger partial charge in [-0.15, -0.1) is 0 Å². The molecule has 2 rings (SSSR count). The number of halogens is 1. The Morgan fingerprint density at radius 1 is 1.19 bits per heavy atom. The van der Waals surface area contributed by atoms with Crippen LogP contribution in [0.1, 0.15) is 18.9 Å². The number of hydrogen-bond donors (Lipinski definition) is 3. The Labute approximate surface area is 159 Å². The molecule has 0 atom stereocenters. The number of amides is 2. The number of nitrogens with zero attached hydrogens (tertiary/aromatic N) is 1. The van der Waals surface area contributed by atoms with Crippen LogP contribution in [-0.4, -0.2) is 29.7 Å². The highest BCUT2D eigenvalue weighted by molar-refractivity contribution is 9.10. The molecule has 0 aliphatic rings. The van der Waals surface area contributed by atoms with Crippen LogP contribution in [0.15, 0.2) is 52.0 Å². The molecule has 3 N–H and O–H groups in total. The number of rotatable bonds is 7. The van der Waals surface area contributed by atoms with E-state index in [4.69, 9.17) is 4.74 Å². The normalized spacial score (nSPS) is 10.5. The van der Waals surface area contributed by atoms with Gasteiger partial charge in [0.15, 0.2) is 0 Å². The molecule has 0 aliphatic heterocycles. The first kappa shape index (κ1) is 19.5. The van der Waals surface area contributed by atoms with Gasteiger partial charge >= 0.3 is 0 Å². The summed E-state index contributed by atoms with van der Waals surface area (Å²) in [6, 6.07) is 11.7. The van der Waals surface area contributed by atoms with E-state index in [2.05, 4.69) is 31.8 Å². The zero-order valence-corrected chi connectivity index (χ0v) is 15.6. The minimum Gasteiger partial charge on any atom is -0.507 e. The van der Waals surface area contributed by atoms with Crippen LogP contribution in [0.3, 0.4) is 0 Å². The van der Waals surface area contributed by atoms with Crippen molar-refractivity contribution in [1.29, 1.82) is 0 Å². The summed E-state index contributed by atoms with van der Waals surface area (Å²) in [6.07, 6.45) is 0.914. The van der Waals surface area contributed by atoms with Crippen molar-refractivity contribution in [3.63, 3.8) is 0 Å². The predicted octanol–water partition coefficient (Wildman–Crippen LogP) is 3.03. The van der Waals surface area contributed by atoms with Gasteiger partial charge in [0.05, 0.1) is 12.8 Å². The Morgan fingerprint density at radius 3 is 2.62 bits per heavy atom. The number of hydrazone groups is 1. The van der Waals surface area contributed by atoms with Crippen molar-refractivity contribution in [3.05, 3.63) is 52.5 Å². The second-order valence-corrected chi connectivity index (χ2v) is 6.09. The van der Waals surface area contributed by atoms with E-state index in [1.165, 1.54) is 12.3 Å². The fourth-order valence-electron chi connectivity index (χ4n) is 1.99. The van der Waals surface area contributed by atoms with E-state index < -0.39 is 11.8 Å². The maximum Gasteiger partial charge on any atom is 0.249 e. The largest absolute Gasteiger partial charge is 0.507 e. The van der Waals surface area contributed by atoms with Gasteiger partial charge in [-0.25, -0.2) is 5.43 Å². The Kier molecular flexibility index (Phi) is 7.16. The van der Waals surface area contributed by atoms with Crippen LogP contribution in [0, 0.1) is 0 Å². The fraction of sp³-hybridized carbons (Fsp3) is 0.167. The zero-order chi connectivity index (χ0) is 18.9. The Balaban J connectivity index is 1.82. The third-order valence-corrected chi connectivity index (χ3v) is 3.65. The summed E-state index contributed by atoms with van der Waals surface area (Å²) in [5, 5.41) is 16.0. The van der Waals surface area contributed by atoms with Crippen molar-refractivity contribution in [1.82, 2.24) is 5.43 Å². The molecule has 2 amide bonds. The van der Waals surface area contributed by atoms with Crippen molar-refractivity contribution in [2.75, 3.05) is 11.9 Å². The van der Waals surface area contributed by atoms with Gasteiger partial charge in [0, 0.05) is 15.7 Å². The van der Waals surface area contributed by atoms with Crippen LogP contribution in [0.4, 0.5) is 5.69 Å². The number of anilines is 1. The van der Waals surface area contributed by atoms with E-state index in [-0.39, 0.29) is 12.2 Å². The summed E-state index contributed by atoms with van der Waals surface area (Å²) in [5.74, 6) is -0.306. The zero-order valence-electron chi connectivity index (χ0n) is 14.0. The predicted molar refractivity (Wildman–Crippen MR) is 102 cm³/mol. The molecule has 0 radical (unpaired) electrons. The third kappa shape index (κ3) is 6.21. The molecule has 26 heavy (non-hydrogen) atoms. The maximum absolute atomic E-state index is 11.9. The highest BCUT2D eigenvalue weighted by atomic mass is 79.9. The first-order valence-electron chi connectivity index (χ1n) is 7.81. The summed E-state index contributed by atoms with van der Waals surface area (Å²) >= 11 is 3.27. The van der Waals surface area contributed by atoms with E-state index in [0.29, 0.717) is 23.6 Å². The lowest BCUT2D eigenvalue weighted by molar-refractivity contribution is -0.126. The van der Waals surface area contributed by atoms with Gasteiger partial charge in [0.1, 0.15) is 17.9 Å². The lowest BCUT2D eigenvalue weighted by Gasteiger charge is -2.06. The molecule has 0 bridgehead atoms. The minimum atomic E-state index is -0.570. The quantitative estimate of drug-likeness (QED) is 0.364. The third-order valence-electron chi connectivity index (χ3n) is 3.15. The molecule has 0 unspecified atom stereocenters. The number of phenols is 1.